The summed E-state index contributed by atoms with van der Waals surface area (Å²) in [4.78, 5) is 22.6. The summed E-state index contributed by atoms with van der Waals surface area (Å²) in [6.07, 6.45) is 3.67. The van der Waals surface area contributed by atoms with E-state index in [0.29, 0.717) is 5.82 Å². The molecule has 2 heterocycles. The van der Waals surface area contributed by atoms with E-state index in [0.717, 1.165) is 37.7 Å². The van der Waals surface area contributed by atoms with Crippen LogP contribution in [0.25, 0.3) is 0 Å². The lowest BCUT2D eigenvalue weighted by Crippen LogP contribution is -2.33. The van der Waals surface area contributed by atoms with Gasteiger partial charge in [0, 0.05) is 19.2 Å². The third kappa shape index (κ3) is 3.64. The average molecular weight is 314 g/mol. The van der Waals surface area contributed by atoms with Gasteiger partial charge in [-0.25, -0.2) is 14.4 Å². The maximum absolute atomic E-state index is 13.6. The topological polar surface area (TPSA) is 58.1 Å². The Morgan fingerprint density at radius 3 is 2.74 bits per heavy atom. The zero-order chi connectivity index (χ0) is 16.2. The number of halogens is 1. The minimum absolute atomic E-state index is 0.000500. The molecule has 23 heavy (non-hydrogen) atoms. The fraction of sp³-hybridized carbons (Fsp3) is 0.353. The van der Waals surface area contributed by atoms with Crippen molar-refractivity contribution in [3.05, 3.63) is 48.0 Å². The lowest BCUT2D eigenvalue weighted by Gasteiger charge is -2.31. The van der Waals surface area contributed by atoms with Crippen LogP contribution in [0.3, 0.4) is 0 Å². The molecule has 0 spiro atoms. The van der Waals surface area contributed by atoms with Crippen LogP contribution in [0, 0.1) is 11.7 Å². The smallest absolute Gasteiger partial charge is 0.259 e. The Bertz CT molecular complexity index is 698. The molecule has 0 atom stereocenters. The van der Waals surface area contributed by atoms with Crippen LogP contribution in [0.15, 0.2) is 36.7 Å². The summed E-state index contributed by atoms with van der Waals surface area (Å²) < 4.78 is 13.6. The van der Waals surface area contributed by atoms with Gasteiger partial charge < -0.3 is 10.2 Å². The third-order valence-electron chi connectivity index (χ3n) is 4.12. The summed E-state index contributed by atoms with van der Waals surface area (Å²) in [5.74, 6) is 0.829. The number of nitrogens with zero attached hydrogens (tertiary/aromatic N) is 3. The van der Waals surface area contributed by atoms with Crippen LogP contribution in [0.4, 0.5) is 16.0 Å². The Morgan fingerprint density at radius 1 is 1.26 bits per heavy atom. The molecule has 1 saturated heterocycles. The Kier molecular flexibility index (Phi) is 4.50. The second-order valence-electron chi connectivity index (χ2n) is 5.86. The summed E-state index contributed by atoms with van der Waals surface area (Å²) in [5, 5.41) is 2.63. The molecule has 5 nitrogen and oxygen atoms in total. The average Bonchev–Trinajstić information content (AvgIpc) is 2.56. The number of nitrogens with one attached hydrogen (secondary N) is 1. The van der Waals surface area contributed by atoms with Crippen LogP contribution in [0.5, 0.6) is 0 Å². The molecular weight excluding hydrogens is 295 g/mol. The summed E-state index contributed by atoms with van der Waals surface area (Å²) in [6, 6.07) is 7.60. The first-order chi connectivity index (χ1) is 11.1. The Labute approximate surface area is 134 Å². The second kappa shape index (κ2) is 6.73. The lowest BCUT2D eigenvalue weighted by molar-refractivity contribution is 0.102. The van der Waals surface area contributed by atoms with Crippen molar-refractivity contribution < 1.29 is 9.18 Å². The number of carbonyl (C=O) groups excluding carboxylic acids is 1. The molecule has 0 aliphatic carbocycles. The number of carbonyl (C=O) groups is 1. The van der Waals surface area contributed by atoms with Gasteiger partial charge in [-0.3, -0.25) is 4.79 Å². The van der Waals surface area contributed by atoms with Crippen molar-refractivity contribution in [2.24, 2.45) is 5.92 Å². The third-order valence-corrected chi connectivity index (χ3v) is 4.12. The van der Waals surface area contributed by atoms with Gasteiger partial charge in [-0.2, -0.15) is 0 Å². The molecule has 1 aliphatic heterocycles. The van der Waals surface area contributed by atoms with Crippen LogP contribution < -0.4 is 10.2 Å². The highest BCUT2D eigenvalue weighted by atomic mass is 19.1. The second-order valence-corrected chi connectivity index (χ2v) is 5.86. The maximum atomic E-state index is 13.6. The first-order valence-electron chi connectivity index (χ1n) is 7.76. The lowest BCUT2D eigenvalue weighted by atomic mass is 9.99. The molecule has 1 aliphatic rings. The molecule has 1 amide bonds. The Balaban J connectivity index is 1.73. The van der Waals surface area contributed by atoms with Gasteiger partial charge in [0.15, 0.2) is 0 Å². The zero-order valence-corrected chi connectivity index (χ0v) is 13.0. The number of piperidine rings is 1. The predicted molar refractivity (Wildman–Crippen MR) is 87.0 cm³/mol. The first-order valence-corrected chi connectivity index (χ1v) is 7.76. The molecule has 6 heteroatoms. The number of hydrogen-bond donors (Lipinski definition) is 1. The molecule has 0 radical (unpaired) electrons. The number of hydrogen-bond acceptors (Lipinski definition) is 4. The van der Waals surface area contributed by atoms with Crippen molar-refractivity contribution in [2.75, 3.05) is 23.3 Å². The van der Waals surface area contributed by atoms with Gasteiger partial charge in [0.05, 0.1) is 5.56 Å². The Hall–Kier alpha value is -2.50. The van der Waals surface area contributed by atoms with E-state index in [1.54, 1.807) is 18.2 Å². The number of anilines is 2. The summed E-state index contributed by atoms with van der Waals surface area (Å²) in [5.41, 5.74) is -0.000500. The highest BCUT2D eigenvalue weighted by molar-refractivity contribution is 6.04. The monoisotopic (exact) mass is 314 g/mol. The van der Waals surface area contributed by atoms with Crippen molar-refractivity contribution in [3.63, 3.8) is 0 Å². The quantitative estimate of drug-likeness (QED) is 0.946. The summed E-state index contributed by atoms with van der Waals surface area (Å²) >= 11 is 0. The van der Waals surface area contributed by atoms with Gasteiger partial charge in [-0.05, 0) is 30.9 Å². The molecule has 1 aromatic carbocycles. The van der Waals surface area contributed by atoms with Crippen molar-refractivity contribution in [1.29, 1.82) is 0 Å². The first kappa shape index (κ1) is 15.4. The Morgan fingerprint density at radius 2 is 2.00 bits per heavy atom. The number of rotatable bonds is 3. The van der Waals surface area contributed by atoms with Crippen LogP contribution in [-0.2, 0) is 0 Å². The molecular formula is C17H19FN4O. The predicted octanol–water partition coefficient (Wildman–Crippen LogP) is 3.10. The van der Waals surface area contributed by atoms with Crippen LogP contribution >= 0.6 is 0 Å². The molecule has 1 fully saturated rings. The van der Waals surface area contributed by atoms with E-state index in [4.69, 9.17) is 0 Å². The van der Waals surface area contributed by atoms with Gasteiger partial charge in [-0.15, -0.1) is 0 Å². The number of aromatic nitrogens is 2. The normalized spacial score (nSPS) is 15.5. The molecule has 0 saturated carbocycles. The minimum Gasteiger partial charge on any atom is -0.356 e. The standard InChI is InChI=1S/C17H19FN4O/c1-12-6-8-22(9-7-12)16-10-15(19-11-20-16)21-17(23)13-4-2-3-5-14(13)18/h2-5,10-12H,6-9H2,1H3,(H,19,20,21,23). The van der Waals surface area contributed by atoms with E-state index in [-0.39, 0.29) is 5.56 Å². The van der Waals surface area contributed by atoms with Crippen molar-refractivity contribution >= 4 is 17.5 Å². The fourth-order valence-electron chi connectivity index (χ4n) is 2.66. The maximum Gasteiger partial charge on any atom is 0.259 e. The van der Waals surface area contributed by atoms with Gasteiger partial charge in [0.2, 0.25) is 0 Å². The summed E-state index contributed by atoms with van der Waals surface area (Å²) in [6.45, 7) is 4.13. The van der Waals surface area contributed by atoms with E-state index >= 15 is 0 Å². The largest absolute Gasteiger partial charge is 0.356 e. The fourth-order valence-corrected chi connectivity index (χ4v) is 2.66. The number of amides is 1. The molecule has 0 bridgehead atoms. The van der Waals surface area contributed by atoms with Crippen LogP contribution in [-0.4, -0.2) is 29.0 Å². The van der Waals surface area contributed by atoms with Gasteiger partial charge >= 0.3 is 0 Å². The molecule has 3 rings (SSSR count). The summed E-state index contributed by atoms with van der Waals surface area (Å²) in [7, 11) is 0. The van der Waals surface area contributed by atoms with Crippen LogP contribution in [0.2, 0.25) is 0 Å². The number of benzene rings is 1. The van der Waals surface area contributed by atoms with E-state index in [1.807, 2.05) is 0 Å². The van der Waals surface area contributed by atoms with Crippen LogP contribution in [0.1, 0.15) is 30.1 Å². The molecule has 1 N–H and O–H groups in total. The van der Waals surface area contributed by atoms with Gasteiger partial charge in [0.1, 0.15) is 23.8 Å². The molecule has 2 aromatic rings. The highest BCUT2D eigenvalue weighted by Crippen LogP contribution is 2.22. The molecule has 0 unspecified atom stereocenters. The highest BCUT2D eigenvalue weighted by Gasteiger charge is 2.18. The minimum atomic E-state index is -0.552. The van der Waals surface area contributed by atoms with E-state index in [1.165, 1.54) is 18.5 Å². The van der Waals surface area contributed by atoms with E-state index in [9.17, 15) is 9.18 Å². The van der Waals surface area contributed by atoms with Crippen molar-refractivity contribution in [1.82, 2.24) is 9.97 Å². The van der Waals surface area contributed by atoms with E-state index < -0.39 is 11.7 Å². The SMILES string of the molecule is CC1CCN(c2cc(NC(=O)c3ccccc3F)ncn2)CC1. The molecule has 120 valence electrons. The van der Waals surface area contributed by atoms with Crippen molar-refractivity contribution in [3.8, 4) is 0 Å². The van der Waals surface area contributed by atoms with Crippen molar-refractivity contribution in [2.45, 2.75) is 19.8 Å². The van der Waals surface area contributed by atoms with Gasteiger partial charge in [0.25, 0.3) is 5.91 Å². The van der Waals surface area contributed by atoms with E-state index in [2.05, 4.69) is 27.1 Å². The molecule has 1 aromatic heterocycles. The zero-order valence-electron chi connectivity index (χ0n) is 13.0. The van der Waals surface area contributed by atoms with Gasteiger partial charge in [-0.1, -0.05) is 19.1 Å².